The van der Waals surface area contributed by atoms with Gasteiger partial charge in [0.1, 0.15) is 17.5 Å². The van der Waals surface area contributed by atoms with Gasteiger partial charge in [0.05, 0.1) is 3.57 Å². The van der Waals surface area contributed by atoms with Gasteiger partial charge in [-0.1, -0.05) is 25.5 Å². The van der Waals surface area contributed by atoms with Crippen LogP contribution in [-0.2, 0) is 6.42 Å². The predicted octanol–water partition coefficient (Wildman–Crippen LogP) is 5.72. The largest absolute Gasteiger partial charge is 0.206 e. The van der Waals surface area contributed by atoms with Crippen molar-refractivity contribution < 1.29 is 13.2 Å². The Labute approximate surface area is 130 Å². The summed E-state index contributed by atoms with van der Waals surface area (Å²) in [5.74, 6) is -1.79. The molecule has 0 N–H and O–H groups in total. The molecule has 2 aromatic carbocycles. The highest BCUT2D eigenvalue weighted by Crippen LogP contribution is 2.28. The van der Waals surface area contributed by atoms with E-state index in [-0.39, 0.29) is 14.7 Å². The van der Waals surface area contributed by atoms with Gasteiger partial charge in [0, 0.05) is 5.56 Å². The first-order chi connectivity index (χ1) is 9.52. The van der Waals surface area contributed by atoms with Crippen molar-refractivity contribution in [2.24, 2.45) is 0 Å². The van der Waals surface area contributed by atoms with Crippen molar-refractivity contribution in [3.05, 3.63) is 56.9 Å². The highest BCUT2D eigenvalue weighted by Gasteiger charge is 2.12. The lowest BCUT2D eigenvalue weighted by Gasteiger charge is -2.08. The monoisotopic (exact) mass is 390 g/mol. The van der Waals surface area contributed by atoms with Crippen LogP contribution >= 0.6 is 22.6 Å². The fourth-order valence-electron chi connectivity index (χ4n) is 2.04. The molecule has 0 amide bonds. The second kappa shape index (κ2) is 6.61. The van der Waals surface area contributed by atoms with Crippen LogP contribution in [0.3, 0.4) is 0 Å². The summed E-state index contributed by atoms with van der Waals surface area (Å²) in [5.41, 5.74) is 1.35. The minimum absolute atomic E-state index is 0.0775. The number of hydrogen-bond donors (Lipinski definition) is 0. The van der Waals surface area contributed by atoms with Crippen molar-refractivity contribution in [2.75, 3.05) is 0 Å². The Morgan fingerprint density at radius 3 is 2.15 bits per heavy atom. The van der Waals surface area contributed by atoms with Gasteiger partial charge >= 0.3 is 0 Å². The smallest absolute Gasteiger partial charge is 0.140 e. The highest BCUT2D eigenvalue weighted by atomic mass is 127. The molecule has 20 heavy (non-hydrogen) atoms. The van der Waals surface area contributed by atoms with E-state index in [0.29, 0.717) is 0 Å². The number of hydrogen-bond acceptors (Lipinski definition) is 0. The number of benzene rings is 2. The molecule has 0 aliphatic carbocycles. The Bertz CT molecular complexity index is 600. The molecule has 0 saturated carbocycles. The molecule has 0 nitrogen and oxygen atoms in total. The first kappa shape index (κ1) is 15.4. The molecule has 0 aromatic heterocycles. The summed E-state index contributed by atoms with van der Waals surface area (Å²) in [6.07, 6.45) is 2.84. The van der Waals surface area contributed by atoms with E-state index in [1.165, 1.54) is 6.07 Å². The summed E-state index contributed by atoms with van der Waals surface area (Å²) >= 11 is 1.59. The lowest BCUT2D eigenvalue weighted by atomic mass is 10.0. The molecule has 0 saturated heterocycles. The lowest BCUT2D eigenvalue weighted by Crippen LogP contribution is -1.94. The number of rotatable bonds is 4. The minimum Gasteiger partial charge on any atom is -0.206 e. The molecule has 2 rings (SSSR count). The van der Waals surface area contributed by atoms with E-state index < -0.39 is 17.5 Å². The second-order valence-corrected chi connectivity index (χ2v) is 5.75. The summed E-state index contributed by atoms with van der Waals surface area (Å²) in [6.45, 7) is 2.07. The average Bonchev–Trinajstić information content (AvgIpc) is 2.42. The molecule has 106 valence electrons. The molecule has 0 spiro atoms. The summed E-state index contributed by atoms with van der Waals surface area (Å²) in [5, 5.41) is 0. The predicted molar refractivity (Wildman–Crippen MR) is 83.1 cm³/mol. The summed E-state index contributed by atoms with van der Waals surface area (Å²) < 4.78 is 41.1. The Morgan fingerprint density at radius 1 is 0.950 bits per heavy atom. The van der Waals surface area contributed by atoms with Crippen molar-refractivity contribution in [3.63, 3.8) is 0 Å². The van der Waals surface area contributed by atoms with Crippen LogP contribution in [0.2, 0.25) is 0 Å². The van der Waals surface area contributed by atoms with E-state index >= 15 is 0 Å². The van der Waals surface area contributed by atoms with Crippen molar-refractivity contribution in [1.29, 1.82) is 0 Å². The third kappa shape index (κ3) is 3.34. The first-order valence-corrected chi connectivity index (χ1v) is 7.54. The molecule has 0 aliphatic heterocycles. The van der Waals surface area contributed by atoms with E-state index in [4.69, 9.17) is 0 Å². The van der Waals surface area contributed by atoms with Gasteiger partial charge in [0.15, 0.2) is 0 Å². The van der Waals surface area contributed by atoms with Crippen molar-refractivity contribution in [3.8, 4) is 11.1 Å². The van der Waals surface area contributed by atoms with Crippen molar-refractivity contribution >= 4 is 22.6 Å². The summed E-state index contributed by atoms with van der Waals surface area (Å²) in [6, 6.07) is 7.16. The molecule has 0 bridgehead atoms. The maximum atomic E-state index is 14.1. The Kier molecular flexibility index (Phi) is 5.07. The van der Waals surface area contributed by atoms with Crippen molar-refractivity contribution in [2.45, 2.75) is 26.2 Å². The van der Waals surface area contributed by atoms with Crippen LogP contribution in [0, 0.1) is 21.0 Å². The van der Waals surface area contributed by atoms with Gasteiger partial charge in [-0.05, 0) is 64.8 Å². The Morgan fingerprint density at radius 2 is 1.60 bits per heavy atom. The van der Waals surface area contributed by atoms with Crippen LogP contribution in [0.4, 0.5) is 13.2 Å². The van der Waals surface area contributed by atoms with E-state index in [2.05, 4.69) is 6.92 Å². The standard InChI is InChI=1S/C16H14F3I/c1-2-3-4-10-5-6-12(13(17)7-10)11-8-14(18)16(20)15(19)9-11/h5-9H,2-4H2,1H3. The fraction of sp³-hybridized carbons (Fsp3) is 0.250. The molecular formula is C16H14F3I. The molecule has 0 heterocycles. The van der Waals surface area contributed by atoms with Gasteiger partial charge in [-0.15, -0.1) is 0 Å². The third-order valence-electron chi connectivity index (χ3n) is 3.15. The van der Waals surface area contributed by atoms with Crippen LogP contribution in [0.1, 0.15) is 25.3 Å². The van der Waals surface area contributed by atoms with Gasteiger partial charge in [-0.2, -0.15) is 0 Å². The molecule has 2 aromatic rings. The number of unbranched alkanes of at least 4 members (excludes halogenated alkanes) is 1. The Balaban J connectivity index is 2.38. The Hall–Kier alpha value is -1.04. The summed E-state index contributed by atoms with van der Waals surface area (Å²) in [4.78, 5) is 0. The second-order valence-electron chi connectivity index (χ2n) is 4.67. The van der Waals surface area contributed by atoms with E-state index in [1.807, 2.05) is 6.07 Å². The average molecular weight is 390 g/mol. The van der Waals surface area contributed by atoms with E-state index in [0.717, 1.165) is 37.0 Å². The van der Waals surface area contributed by atoms with Gasteiger partial charge in [-0.3, -0.25) is 0 Å². The topological polar surface area (TPSA) is 0 Å². The fourth-order valence-corrected chi connectivity index (χ4v) is 2.35. The maximum Gasteiger partial charge on any atom is 0.140 e. The van der Waals surface area contributed by atoms with Crippen LogP contribution in [0.25, 0.3) is 11.1 Å². The molecule has 0 atom stereocenters. The number of halogens is 4. The quantitative estimate of drug-likeness (QED) is 0.463. The lowest BCUT2D eigenvalue weighted by molar-refractivity contribution is 0.570. The first-order valence-electron chi connectivity index (χ1n) is 6.46. The van der Waals surface area contributed by atoms with Crippen molar-refractivity contribution in [1.82, 2.24) is 0 Å². The zero-order chi connectivity index (χ0) is 14.7. The molecule has 0 aliphatic rings. The number of aryl methyl sites for hydroxylation is 1. The zero-order valence-corrected chi connectivity index (χ0v) is 13.2. The SMILES string of the molecule is CCCCc1ccc(-c2cc(F)c(I)c(F)c2)c(F)c1. The molecule has 0 unspecified atom stereocenters. The van der Waals surface area contributed by atoms with Gasteiger partial charge in [0.2, 0.25) is 0 Å². The van der Waals surface area contributed by atoms with E-state index in [9.17, 15) is 13.2 Å². The van der Waals surface area contributed by atoms with Gasteiger partial charge in [0.25, 0.3) is 0 Å². The van der Waals surface area contributed by atoms with Crippen LogP contribution in [0.15, 0.2) is 30.3 Å². The van der Waals surface area contributed by atoms with Crippen LogP contribution in [0.5, 0.6) is 0 Å². The van der Waals surface area contributed by atoms with Gasteiger partial charge in [-0.25, -0.2) is 13.2 Å². The molecule has 4 heteroatoms. The normalized spacial score (nSPS) is 10.8. The minimum atomic E-state index is -0.671. The van der Waals surface area contributed by atoms with Crippen LogP contribution < -0.4 is 0 Å². The molecule has 0 radical (unpaired) electrons. The van der Waals surface area contributed by atoms with Gasteiger partial charge < -0.3 is 0 Å². The molecule has 0 fully saturated rings. The summed E-state index contributed by atoms with van der Waals surface area (Å²) in [7, 11) is 0. The highest BCUT2D eigenvalue weighted by molar-refractivity contribution is 14.1. The van der Waals surface area contributed by atoms with E-state index in [1.54, 1.807) is 28.7 Å². The maximum absolute atomic E-state index is 14.1. The zero-order valence-electron chi connectivity index (χ0n) is 11.0. The molecular weight excluding hydrogens is 376 g/mol. The third-order valence-corrected chi connectivity index (χ3v) is 4.18. The van der Waals surface area contributed by atoms with Crippen LogP contribution in [-0.4, -0.2) is 0 Å².